The van der Waals surface area contributed by atoms with Gasteiger partial charge in [0, 0.05) is 18.5 Å². The number of nitrogens with one attached hydrogen (secondary N) is 3. The van der Waals surface area contributed by atoms with Crippen molar-refractivity contribution in [2.45, 2.75) is 12.5 Å². The summed E-state index contributed by atoms with van der Waals surface area (Å²) in [6.07, 6.45) is 0.282. The van der Waals surface area contributed by atoms with Crippen molar-refractivity contribution in [3.05, 3.63) is 41.8 Å². The molecule has 0 unspecified atom stereocenters. The molecule has 0 saturated carbocycles. The second-order valence-electron chi connectivity index (χ2n) is 4.85. The fraction of sp³-hybridized carbons (Fsp3) is 0.214. The highest BCUT2D eigenvalue weighted by Crippen LogP contribution is 2.18. The van der Waals surface area contributed by atoms with E-state index in [4.69, 9.17) is 0 Å². The zero-order valence-corrected chi connectivity index (χ0v) is 11.0. The van der Waals surface area contributed by atoms with Crippen LogP contribution in [0.2, 0.25) is 0 Å². The van der Waals surface area contributed by atoms with Crippen LogP contribution in [0.4, 0.5) is 4.39 Å². The van der Waals surface area contributed by atoms with Crippen LogP contribution in [0, 0.1) is 5.82 Å². The number of H-pyrrole nitrogens is 1. The molecule has 1 aromatic heterocycles. The Labute approximate surface area is 119 Å². The molecule has 21 heavy (non-hydrogen) atoms. The molecule has 2 heterocycles. The standard InChI is InChI=1S/C14H13FN4O2/c15-9-3-1-8(2-4-9)11-6-12(19-18-11)14(21)17-10-5-13(20)16-7-10/h1-4,6,10H,5,7H2,(H,16,20)(H,17,21)(H,18,19)/t10-/m1/s1. The highest BCUT2D eigenvalue weighted by atomic mass is 19.1. The number of amides is 2. The fourth-order valence-corrected chi connectivity index (χ4v) is 2.18. The number of hydrogen-bond acceptors (Lipinski definition) is 3. The molecule has 3 rings (SSSR count). The SMILES string of the molecule is O=C1C[C@@H](NC(=O)c2cc(-c3ccc(F)cc3)n[nH]2)CN1. The zero-order valence-electron chi connectivity index (χ0n) is 11.0. The molecule has 0 radical (unpaired) electrons. The summed E-state index contributed by atoms with van der Waals surface area (Å²) >= 11 is 0. The van der Waals surface area contributed by atoms with E-state index in [0.29, 0.717) is 23.5 Å². The third kappa shape index (κ3) is 2.91. The number of nitrogens with zero attached hydrogens (tertiary/aromatic N) is 1. The van der Waals surface area contributed by atoms with Crippen LogP contribution in [0.5, 0.6) is 0 Å². The molecular weight excluding hydrogens is 275 g/mol. The third-order valence-electron chi connectivity index (χ3n) is 3.28. The highest BCUT2D eigenvalue weighted by Gasteiger charge is 2.24. The average Bonchev–Trinajstić information content (AvgIpc) is 3.09. The summed E-state index contributed by atoms with van der Waals surface area (Å²) in [6, 6.07) is 7.23. The van der Waals surface area contributed by atoms with Crippen molar-refractivity contribution in [3.63, 3.8) is 0 Å². The van der Waals surface area contributed by atoms with E-state index in [-0.39, 0.29) is 30.1 Å². The number of hydrogen-bond donors (Lipinski definition) is 3. The summed E-state index contributed by atoms with van der Waals surface area (Å²) in [4.78, 5) is 23.1. The Morgan fingerprint density at radius 3 is 2.76 bits per heavy atom. The number of benzene rings is 1. The summed E-state index contributed by atoms with van der Waals surface area (Å²) in [5.74, 6) is -0.722. The van der Waals surface area contributed by atoms with Gasteiger partial charge in [-0.1, -0.05) is 0 Å². The van der Waals surface area contributed by atoms with E-state index in [9.17, 15) is 14.0 Å². The first-order valence-electron chi connectivity index (χ1n) is 6.51. The Morgan fingerprint density at radius 1 is 1.33 bits per heavy atom. The largest absolute Gasteiger partial charge is 0.354 e. The molecule has 1 saturated heterocycles. The molecule has 2 amide bonds. The van der Waals surface area contributed by atoms with E-state index >= 15 is 0 Å². The predicted molar refractivity (Wildman–Crippen MR) is 72.9 cm³/mol. The van der Waals surface area contributed by atoms with Gasteiger partial charge in [-0.3, -0.25) is 14.7 Å². The van der Waals surface area contributed by atoms with Gasteiger partial charge in [0.1, 0.15) is 11.5 Å². The van der Waals surface area contributed by atoms with Gasteiger partial charge < -0.3 is 10.6 Å². The summed E-state index contributed by atoms with van der Waals surface area (Å²) in [5.41, 5.74) is 1.57. The molecule has 3 N–H and O–H groups in total. The third-order valence-corrected chi connectivity index (χ3v) is 3.28. The van der Waals surface area contributed by atoms with Crippen LogP contribution in [0.1, 0.15) is 16.9 Å². The van der Waals surface area contributed by atoms with E-state index in [1.165, 1.54) is 12.1 Å². The maximum atomic E-state index is 12.9. The van der Waals surface area contributed by atoms with Crippen molar-refractivity contribution in [1.29, 1.82) is 0 Å². The van der Waals surface area contributed by atoms with Gasteiger partial charge in [0.2, 0.25) is 5.91 Å². The quantitative estimate of drug-likeness (QED) is 0.782. The smallest absolute Gasteiger partial charge is 0.269 e. The Balaban J connectivity index is 1.71. The molecule has 0 bridgehead atoms. The lowest BCUT2D eigenvalue weighted by molar-refractivity contribution is -0.119. The normalized spacial score (nSPS) is 17.6. The first-order valence-corrected chi connectivity index (χ1v) is 6.51. The van der Waals surface area contributed by atoms with Crippen molar-refractivity contribution in [3.8, 4) is 11.3 Å². The molecule has 1 aliphatic heterocycles. The first kappa shape index (κ1) is 13.3. The molecule has 0 aliphatic carbocycles. The van der Waals surface area contributed by atoms with E-state index in [1.807, 2.05) is 0 Å². The predicted octanol–water partition coefficient (Wildman–Crippen LogP) is 0.834. The van der Waals surface area contributed by atoms with E-state index in [2.05, 4.69) is 20.8 Å². The van der Waals surface area contributed by atoms with E-state index < -0.39 is 0 Å². The molecule has 0 spiro atoms. The van der Waals surface area contributed by atoms with Gasteiger partial charge in [-0.2, -0.15) is 5.10 Å². The molecule has 7 heteroatoms. The first-order chi connectivity index (χ1) is 10.1. The number of halogens is 1. The number of carbonyl (C=O) groups excluding carboxylic acids is 2. The van der Waals surface area contributed by atoms with Crippen LogP contribution in [0.15, 0.2) is 30.3 Å². The molecule has 1 fully saturated rings. The van der Waals surface area contributed by atoms with Crippen molar-refractivity contribution in [2.75, 3.05) is 6.54 Å². The summed E-state index contributed by atoms with van der Waals surface area (Å²) in [5, 5.41) is 12.1. The van der Waals surface area contributed by atoms with Gasteiger partial charge in [-0.25, -0.2) is 4.39 Å². The Morgan fingerprint density at radius 2 is 2.10 bits per heavy atom. The van der Waals surface area contributed by atoms with Crippen LogP contribution in [0.25, 0.3) is 11.3 Å². The van der Waals surface area contributed by atoms with Gasteiger partial charge in [0.15, 0.2) is 0 Å². The Kier molecular flexibility index (Phi) is 3.39. The summed E-state index contributed by atoms with van der Waals surface area (Å²) in [6.45, 7) is 0.434. The van der Waals surface area contributed by atoms with Gasteiger partial charge in [-0.05, 0) is 30.3 Å². The molecule has 1 atom stereocenters. The van der Waals surface area contributed by atoms with Crippen LogP contribution in [-0.4, -0.2) is 34.6 Å². The summed E-state index contributed by atoms with van der Waals surface area (Å²) in [7, 11) is 0. The topological polar surface area (TPSA) is 86.9 Å². The van der Waals surface area contributed by atoms with Gasteiger partial charge in [0.05, 0.1) is 11.7 Å². The van der Waals surface area contributed by atoms with Gasteiger partial charge in [0.25, 0.3) is 5.91 Å². The fourth-order valence-electron chi connectivity index (χ4n) is 2.18. The second-order valence-corrected chi connectivity index (χ2v) is 4.85. The Bertz CT molecular complexity index is 681. The lowest BCUT2D eigenvalue weighted by Gasteiger charge is -2.08. The maximum absolute atomic E-state index is 12.9. The number of carbonyl (C=O) groups is 2. The van der Waals surface area contributed by atoms with Crippen LogP contribution in [0.3, 0.4) is 0 Å². The lowest BCUT2D eigenvalue weighted by Crippen LogP contribution is -2.36. The molecule has 2 aromatic rings. The lowest BCUT2D eigenvalue weighted by atomic mass is 10.1. The maximum Gasteiger partial charge on any atom is 0.269 e. The van der Waals surface area contributed by atoms with Gasteiger partial charge in [-0.15, -0.1) is 0 Å². The molecule has 108 valence electrons. The number of aromatic nitrogens is 2. The number of aromatic amines is 1. The highest BCUT2D eigenvalue weighted by molar-refractivity contribution is 5.94. The number of rotatable bonds is 3. The van der Waals surface area contributed by atoms with Crippen molar-refractivity contribution in [1.82, 2.24) is 20.8 Å². The Hall–Kier alpha value is -2.70. The van der Waals surface area contributed by atoms with Crippen molar-refractivity contribution < 1.29 is 14.0 Å². The zero-order chi connectivity index (χ0) is 14.8. The minimum atomic E-state index is -0.328. The van der Waals surface area contributed by atoms with Crippen molar-refractivity contribution >= 4 is 11.8 Å². The van der Waals surface area contributed by atoms with E-state index in [0.717, 1.165) is 0 Å². The van der Waals surface area contributed by atoms with Crippen LogP contribution in [-0.2, 0) is 4.79 Å². The molecular formula is C14H13FN4O2. The second kappa shape index (κ2) is 5.35. The molecule has 1 aliphatic rings. The van der Waals surface area contributed by atoms with E-state index in [1.54, 1.807) is 18.2 Å². The summed E-state index contributed by atoms with van der Waals surface area (Å²) < 4.78 is 12.9. The molecule has 1 aromatic carbocycles. The average molecular weight is 288 g/mol. The van der Waals surface area contributed by atoms with Crippen LogP contribution < -0.4 is 10.6 Å². The van der Waals surface area contributed by atoms with Crippen LogP contribution >= 0.6 is 0 Å². The minimum absolute atomic E-state index is 0.0723. The van der Waals surface area contributed by atoms with Gasteiger partial charge >= 0.3 is 0 Å². The monoisotopic (exact) mass is 288 g/mol. The van der Waals surface area contributed by atoms with Crippen molar-refractivity contribution in [2.24, 2.45) is 0 Å². The minimum Gasteiger partial charge on any atom is -0.354 e. The molecule has 6 nitrogen and oxygen atoms in total.